The van der Waals surface area contributed by atoms with Gasteiger partial charge in [0, 0.05) is 6.54 Å². The Hall–Kier alpha value is -1.62. The van der Waals surface area contributed by atoms with Gasteiger partial charge in [0.1, 0.15) is 11.9 Å². The first-order chi connectivity index (χ1) is 9.52. The molecule has 1 aromatic carbocycles. The number of amides is 1. The summed E-state index contributed by atoms with van der Waals surface area (Å²) in [6, 6.07) is 3.10. The lowest BCUT2D eigenvalue weighted by atomic mass is 10.1. The Morgan fingerprint density at radius 2 is 2.05 bits per heavy atom. The van der Waals surface area contributed by atoms with Gasteiger partial charge in [-0.1, -0.05) is 30.5 Å². The molecule has 0 saturated carbocycles. The van der Waals surface area contributed by atoms with Crippen molar-refractivity contribution in [2.24, 2.45) is 0 Å². The van der Waals surface area contributed by atoms with Crippen molar-refractivity contribution in [2.75, 3.05) is 6.54 Å². The van der Waals surface area contributed by atoms with Crippen molar-refractivity contribution >= 4 is 23.5 Å². The number of halogens is 2. The van der Waals surface area contributed by atoms with Crippen LogP contribution in [0.4, 0.5) is 4.39 Å². The summed E-state index contributed by atoms with van der Waals surface area (Å²) in [4.78, 5) is 25.0. The van der Waals surface area contributed by atoms with E-state index in [1.165, 1.54) is 17.0 Å². The fourth-order valence-electron chi connectivity index (χ4n) is 2.43. The zero-order chi connectivity index (χ0) is 14.7. The number of likely N-dealkylation sites (tertiary alicyclic amines) is 1. The summed E-state index contributed by atoms with van der Waals surface area (Å²) >= 11 is 5.81. The Balaban J connectivity index is 2.33. The molecule has 1 N–H and O–H groups in total. The monoisotopic (exact) mass is 299 g/mol. The molecule has 0 radical (unpaired) electrons. The molecule has 2 rings (SSSR count). The molecule has 108 valence electrons. The molecule has 1 heterocycles. The number of hydrogen-bond donors (Lipinski definition) is 1. The number of hydrogen-bond acceptors (Lipinski definition) is 2. The first kappa shape index (κ1) is 14.8. The summed E-state index contributed by atoms with van der Waals surface area (Å²) in [6.07, 6.45) is 2.79. The Labute approximate surface area is 121 Å². The highest BCUT2D eigenvalue weighted by Gasteiger charge is 2.32. The highest BCUT2D eigenvalue weighted by molar-refractivity contribution is 6.34. The molecule has 1 atom stereocenters. The van der Waals surface area contributed by atoms with Crippen LogP contribution in [0.2, 0.25) is 5.02 Å². The summed E-state index contributed by atoms with van der Waals surface area (Å²) in [7, 11) is 0. The SMILES string of the molecule is O=C(O)C1CCCCCN1C(=O)c1cccc(F)c1Cl. The molecule has 0 aliphatic carbocycles. The van der Waals surface area contributed by atoms with Crippen LogP contribution in [0.1, 0.15) is 36.0 Å². The van der Waals surface area contributed by atoms with E-state index >= 15 is 0 Å². The lowest BCUT2D eigenvalue weighted by molar-refractivity contribution is -0.142. The highest BCUT2D eigenvalue weighted by atomic mass is 35.5. The molecule has 1 aliphatic rings. The number of carbonyl (C=O) groups is 2. The molecule has 0 aromatic heterocycles. The quantitative estimate of drug-likeness (QED) is 0.913. The van der Waals surface area contributed by atoms with E-state index < -0.39 is 23.7 Å². The molecular weight excluding hydrogens is 285 g/mol. The van der Waals surface area contributed by atoms with Gasteiger partial charge in [-0.3, -0.25) is 4.79 Å². The van der Waals surface area contributed by atoms with Crippen molar-refractivity contribution in [2.45, 2.75) is 31.7 Å². The Morgan fingerprint density at radius 1 is 1.30 bits per heavy atom. The molecule has 0 bridgehead atoms. The van der Waals surface area contributed by atoms with E-state index in [0.717, 1.165) is 25.3 Å². The minimum atomic E-state index is -1.03. The van der Waals surface area contributed by atoms with Crippen LogP contribution < -0.4 is 0 Å². The molecule has 1 fully saturated rings. The topological polar surface area (TPSA) is 57.6 Å². The molecule has 4 nitrogen and oxygen atoms in total. The standard InChI is InChI=1S/C14H15ClFNO3/c15-12-9(5-4-6-10(12)16)13(18)17-8-3-1-2-7-11(17)14(19)20/h4-6,11H,1-3,7-8H2,(H,19,20). The zero-order valence-electron chi connectivity index (χ0n) is 10.8. The average Bonchev–Trinajstić information content (AvgIpc) is 2.66. The van der Waals surface area contributed by atoms with E-state index in [4.69, 9.17) is 11.6 Å². The second-order valence-electron chi connectivity index (χ2n) is 4.80. The first-order valence-corrected chi connectivity index (χ1v) is 6.88. The van der Waals surface area contributed by atoms with Gasteiger partial charge in [0.15, 0.2) is 0 Å². The minimum Gasteiger partial charge on any atom is -0.480 e. The maximum atomic E-state index is 13.4. The molecule has 1 amide bonds. The summed E-state index contributed by atoms with van der Waals surface area (Å²) in [5, 5.41) is 8.99. The van der Waals surface area contributed by atoms with Gasteiger partial charge in [-0.2, -0.15) is 0 Å². The van der Waals surface area contributed by atoms with Crippen LogP contribution in [-0.2, 0) is 4.79 Å². The smallest absolute Gasteiger partial charge is 0.326 e. The highest BCUT2D eigenvalue weighted by Crippen LogP contribution is 2.25. The summed E-state index contributed by atoms with van der Waals surface area (Å²) in [5.74, 6) is -2.24. The largest absolute Gasteiger partial charge is 0.480 e. The van der Waals surface area contributed by atoms with Crippen molar-refractivity contribution in [1.82, 2.24) is 4.90 Å². The van der Waals surface area contributed by atoms with Crippen molar-refractivity contribution in [3.8, 4) is 0 Å². The average molecular weight is 300 g/mol. The predicted molar refractivity (Wildman–Crippen MR) is 72.3 cm³/mol. The number of carbonyl (C=O) groups excluding carboxylic acids is 1. The molecule has 0 spiro atoms. The zero-order valence-corrected chi connectivity index (χ0v) is 11.6. The molecule has 6 heteroatoms. The van der Waals surface area contributed by atoms with Gasteiger partial charge in [0.2, 0.25) is 0 Å². The number of carboxylic acid groups (broad SMARTS) is 1. The maximum absolute atomic E-state index is 13.4. The van der Waals surface area contributed by atoms with Gasteiger partial charge in [-0.15, -0.1) is 0 Å². The number of aliphatic carboxylic acids is 1. The Morgan fingerprint density at radius 3 is 2.75 bits per heavy atom. The van der Waals surface area contributed by atoms with E-state index in [2.05, 4.69) is 0 Å². The van der Waals surface area contributed by atoms with Crippen LogP contribution in [0.15, 0.2) is 18.2 Å². The summed E-state index contributed by atoms with van der Waals surface area (Å²) in [5.41, 5.74) is 0.0137. The van der Waals surface area contributed by atoms with Crippen LogP contribution in [0.3, 0.4) is 0 Å². The van der Waals surface area contributed by atoms with E-state index in [0.29, 0.717) is 13.0 Å². The molecule has 1 saturated heterocycles. The van der Waals surface area contributed by atoms with Gasteiger partial charge in [0.25, 0.3) is 5.91 Å². The summed E-state index contributed by atoms with van der Waals surface area (Å²) in [6.45, 7) is 0.350. The molecule has 1 aromatic rings. The fraction of sp³-hybridized carbons (Fsp3) is 0.429. The molecule has 1 unspecified atom stereocenters. The lowest BCUT2D eigenvalue weighted by Crippen LogP contribution is -2.44. The van der Waals surface area contributed by atoms with Crippen LogP contribution in [0.5, 0.6) is 0 Å². The number of carboxylic acids is 1. The molecular formula is C14H15ClFNO3. The van der Waals surface area contributed by atoms with Gasteiger partial charge in [0.05, 0.1) is 10.6 Å². The van der Waals surface area contributed by atoms with Crippen LogP contribution in [-0.4, -0.2) is 34.5 Å². The van der Waals surface area contributed by atoms with E-state index in [1.807, 2.05) is 0 Å². The van der Waals surface area contributed by atoms with Crippen LogP contribution >= 0.6 is 11.6 Å². The summed E-state index contributed by atoms with van der Waals surface area (Å²) < 4.78 is 13.4. The van der Waals surface area contributed by atoms with Crippen LogP contribution in [0.25, 0.3) is 0 Å². The van der Waals surface area contributed by atoms with Crippen molar-refractivity contribution < 1.29 is 19.1 Å². The number of nitrogens with zero attached hydrogens (tertiary/aromatic N) is 1. The lowest BCUT2D eigenvalue weighted by Gasteiger charge is -2.27. The minimum absolute atomic E-state index is 0.0137. The van der Waals surface area contributed by atoms with E-state index in [-0.39, 0.29) is 10.6 Å². The van der Waals surface area contributed by atoms with Gasteiger partial charge in [-0.05, 0) is 25.0 Å². The van der Waals surface area contributed by atoms with Gasteiger partial charge >= 0.3 is 5.97 Å². The second kappa shape index (κ2) is 6.22. The number of rotatable bonds is 2. The van der Waals surface area contributed by atoms with E-state index in [9.17, 15) is 19.1 Å². The predicted octanol–water partition coefficient (Wildman–Crippen LogP) is 2.95. The number of benzene rings is 1. The molecule has 20 heavy (non-hydrogen) atoms. The fourth-order valence-corrected chi connectivity index (χ4v) is 2.64. The second-order valence-corrected chi connectivity index (χ2v) is 5.18. The van der Waals surface area contributed by atoms with Crippen molar-refractivity contribution in [3.63, 3.8) is 0 Å². The normalized spacial score (nSPS) is 19.5. The first-order valence-electron chi connectivity index (χ1n) is 6.50. The third kappa shape index (κ3) is 2.93. The maximum Gasteiger partial charge on any atom is 0.326 e. The van der Waals surface area contributed by atoms with Crippen molar-refractivity contribution in [1.29, 1.82) is 0 Å². The van der Waals surface area contributed by atoms with Gasteiger partial charge < -0.3 is 10.0 Å². The van der Waals surface area contributed by atoms with Gasteiger partial charge in [-0.25, -0.2) is 9.18 Å². The Bertz CT molecular complexity index is 535. The third-order valence-electron chi connectivity index (χ3n) is 3.48. The Kier molecular flexibility index (Phi) is 4.60. The van der Waals surface area contributed by atoms with E-state index in [1.54, 1.807) is 0 Å². The van der Waals surface area contributed by atoms with Crippen molar-refractivity contribution in [3.05, 3.63) is 34.6 Å². The molecule has 1 aliphatic heterocycles. The third-order valence-corrected chi connectivity index (χ3v) is 3.86. The van der Waals surface area contributed by atoms with Crippen LogP contribution in [0, 0.1) is 5.82 Å².